The van der Waals surface area contributed by atoms with Gasteiger partial charge in [-0.05, 0) is 85.8 Å². The van der Waals surface area contributed by atoms with E-state index in [0.717, 1.165) is 17.6 Å². The molecule has 1 spiro atoms. The molecule has 5 fully saturated rings. The number of carbonyl (C=O) groups is 6. The van der Waals surface area contributed by atoms with Gasteiger partial charge < -0.3 is 33.9 Å². The molecule has 7 aliphatic carbocycles. The number of ketones is 1. The third-order valence-electron chi connectivity index (χ3n) is 15.2. The van der Waals surface area contributed by atoms with Crippen molar-refractivity contribution in [1.82, 2.24) is 0 Å². The number of ether oxygens (including phenoxy) is 5. The van der Waals surface area contributed by atoms with E-state index in [0.29, 0.717) is 18.4 Å². The molecule has 9 rings (SSSR count). The van der Waals surface area contributed by atoms with Crippen LogP contribution in [0, 0.1) is 52.3 Å². The van der Waals surface area contributed by atoms with Crippen LogP contribution in [0.15, 0.2) is 45.1 Å². The predicted octanol–water partition coefficient (Wildman–Crippen LogP) is 2.38. The van der Waals surface area contributed by atoms with Crippen LogP contribution in [0.3, 0.4) is 0 Å². The molecule has 2 N–H and O–H groups in total. The highest BCUT2D eigenvalue weighted by Gasteiger charge is 2.84. The van der Waals surface area contributed by atoms with Gasteiger partial charge in [-0.1, -0.05) is 19.4 Å². The summed E-state index contributed by atoms with van der Waals surface area (Å²) in [4.78, 5) is 80.8. The summed E-state index contributed by atoms with van der Waals surface area (Å²) in [6.07, 6.45) is 1.42. The highest BCUT2D eigenvalue weighted by molar-refractivity contribution is 6.09. The second-order valence-corrected chi connectivity index (χ2v) is 17.2. The van der Waals surface area contributed by atoms with Crippen molar-refractivity contribution in [2.45, 2.75) is 83.5 Å². The van der Waals surface area contributed by atoms with Crippen LogP contribution in [0.1, 0.15) is 66.2 Å². The minimum absolute atomic E-state index is 0.00160. The van der Waals surface area contributed by atoms with Gasteiger partial charge in [-0.15, -0.1) is 0 Å². The molecule has 282 valence electrons. The third-order valence-corrected chi connectivity index (χ3v) is 15.2. The Morgan fingerprint density at radius 3 is 2.36 bits per heavy atom. The van der Waals surface area contributed by atoms with E-state index < -0.39 is 88.1 Å². The van der Waals surface area contributed by atoms with Crippen LogP contribution < -0.4 is 0 Å². The summed E-state index contributed by atoms with van der Waals surface area (Å²) in [5, 5.41) is 24.6. The number of hydrogen-bond acceptors (Lipinski definition) is 13. The van der Waals surface area contributed by atoms with E-state index in [2.05, 4.69) is 6.92 Å². The molecule has 5 saturated carbocycles. The lowest BCUT2D eigenvalue weighted by Crippen LogP contribution is -2.67. The first-order chi connectivity index (χ1) is 25.1. The van der Waals surface area contributed by atoms with Gasteiger partial charge in [0.25, 0.3) is 0 Å². The van der Waals surface area contributed by atoms with E-state index >= 15 is 0 Å². The van der Waals surface area contributed by atoms with Gasteiger partial charge in [0.2, 0.25) is 0 Å². The molecule has 2 bridgehead atoms. The first kappa shape index (κ1) is 34.7. The fraction of sp³-hybridized carbons (Fsp3) is 0.650. The quantitative estimate of drug-likeness (QED) is 0.173. The van der Waals surface area contributed by atoms with E-state index in [9.17, 15) is 39.0 Å². The van der Waals surface area contributed by atoms with E-state index in [4.69, 9.17) is 23.7 Å². The number of hydrogen-bond donors (Lipinski definition) is 2. The van der Waals surface area contributed by atoms with Crippen LogP contribution in [0.5, 0.6) is 0 Å². The second kappa shape index (κ2) is 11.0. The molecule has 13 heteroatoms. The molecule has 53 heavy (non-hydrogen) atoms. The fourth-order valence-electron chi connectivity index (χ4n) is 12.7. The monoisotopic (exact) mass is 732 g/mol. The highest BCUT2D eigenvalue weighted by atomic mass is 16.6. The van der Waals surface area contributed by atoms with Crippen molar-refractivity contribution < 1.29 is 62.7 Å². The SMILES string of the molecule is COC(=O)/C(C)=C1\C(=O)[C@@H](O)[C@@]2(C)C3=C(C[C@H]4[C@@]5(OC(=O)C6=C5C[C@@H]5[C@@](O)(COC(=O)/C(C)=C\COC(=O)CCC(=O)OC6)[C@@H]6C[C@@H]6[C@]54C)[C@@H]31)[C@@H]1C[C@@H]12. The summed E-state index contributed by atoms with van der Waals surface area (Å²) < 4.78 is 28.4. The average Bonchev–Trinajstić information content (AvgIpc) is 4.05. The predicted molar refractivity (Wildman–Crippen MR) is 179 cm³/mol. The Kier molecular flexibility index (Phi) is 7.19. The summed E-state index contributed by atoms with van der Waals surface area (Å²) in [6, 6.07) is 0. The van der Waals surface area contributed by atoms with Crippen LogP contribution in [0.2, 0.25) is 0 Å². The van der Waals surface area contributed by atoms with Crippen LogP contribution in [-0.4, -0.2) is 90.1 Å². The highest BCUT2D eigenvalue weighted by Crippen LogP contribution is 2.83. The molecule has 13 nitrogen and oxygen atoms in total. The molecule has 0 radical (unpaired) electrons. The molecular weight excluding hydrogens is 688 g/mol. The van der Waals surface area contributed by atoms with Gasteiger partial charge in [-0.2, -0.15) is 0 Å². The maximum absolute atomic E-state index is 14.6. The molecule has 12 atom stereocenters. The lowest BCUT2D eigenvalue weighted by Gasteiger charge is -2.63. The molecule has 2 aliphatic heterocycles. The number of allylic oxidation sites excluding steroid dienone is 1. The maximum atomic E-state index is 14.6. The van der Waals surface area contributed by atoms with Crippen molar-refractivity contribution >= 4 is 35.6 Å². The average molecular weight is 733 g/mol. The van der Waals surface area contributed by atoms with Crippen molar-refractivity contribution in [2.75, 3.05) is 26.9 Å². The number of fused-ring (bicyclic) bond motifs is 7. The molecule has 0 amide bonds. The number of rotatable bonds is 1. The number of aliphatic hydroxyl groups excluding tert-OH is 1. The minimum atomic E-state index is -1.51. The van der Waals surface area contributed by atoms with Gasteiger partial charge in [-0.25, -0.2) is 14.4 Å². The van der Waals surface area contributed by atoms with Crippen LogP contribution in [0.4, 0.5) is 0 Å². The Morgan fingerprint density at radius 1 is 0.925 bits per heavy atom. The van der Waals surface area contributed by atoms with Gasteiger partial charge in [0.15, 0.2) is 5.78 Å². The van der Waals surface area contributed by atoms with Crippen molar-refractivity contribution in [3.05, 3.63) is 45.1 Å². The summed E-state index contributed by atoms with van der Waals surface area (Å²) in [6.45, 7) is 6.06. The number of esters is 5. The Hall–Kier alpha value is -4.10. The number of cyclic esters (lactones) is 3. The van der Waals surface area contributed by atoms with Crippen LogP contribution >= 0.6 is 0 Å². The molecular formula is C40H44O13. The zero-order valence-electron chi connectivity index (χ0n) is 30.4. The molecule has 9 aliphatic rings. The molecule has 2 heterocycles. The Bertz CT molecular complexity index is 1970. The van der Waals surface area contributed by atoms with Crippen molar-refractivity contribution in [1.29, 1.82) is 0 Å². The zero-order valence-corrected chi connectivity index (χ0v) is 30.4. The van der Waals surface area contributed by atoms with Gasteiger partial charge in [0, 0.05) is 34.0 Å². The Balaban J connectivity index is 1.27. The lowest BCUT2D eigenvalue weighted by atomic mass is 9.42. The third kappa shape index (κ3) is 4.21. The molecule has 0 saturated heterocycles. The molecule has 0 aromatic carbocycles. The van der Waals surface area contributed by atoms with Gasteiger partial charge >= 0.3 is 29.8 Å². The summed E-state index contributed by atoms with van der Waals surface area (Å²) >= 11 is 0. The van der Waals surface area contributed by atoms with E-state index in [1.165, 1.54) is 27.0 Å². The maximum Gasteiger partial charge on any atom is 0.338 e. The largest absolute Gasteiger partial charge is 0.466 e. The van der Waals surface area contributed by atoms with Crippen LogP contribution in [-0.2, 0) is 52.5 Å². The summed E-state index contributed by atoms with van der Waals surface area (Å²) in [5.74, 6) is -6.28. The lowest BCUT2D eigenvalue weighted by molar-refractivity contribution is -0.191. The topological polar surface area (TPSA) is 189 Å². The summed E-state index contributed by atoms with van der Waals surface area (Å²) in [7, 11) is 1.22. The number of aliphatic hydroxyl groups is 2. The number of carbonyl (C=O) groups excluding carboxylic acids is 6. The van der Waals surface area contributed by atoms with Gasteiger partial charge in [0.1, 0.15) is 37.1 Å². The first-order valence-corrected chi connectivity index (χ1v) is 18.6. The standard InChI is InChI=1S/C40H44O13/c1-16-8-9-50-27(41)6-7-28(42)51-14-20-22-13-25-37(3,23-12-24(23)39(25,48)15-52-34(16)45)26-11-19-18-10-21(18)38(4)30(19)31(40(22,26)53-36(20)47)29(32(43)33(38)44)17(2)35(46)49-5/h8,18,21,23-26,31,33,44,48H,6-7,9-15H2,1-5H3/b16-8-,29-17-/t18-,21-,23-,24+,25-,26+,31+,33+,37+,38+,39+,40+/m0/s1. The minimum Gasteiger partial charge on any atom is -0.466 e. The van der Waals surface area contributed by atoms with Crippen molar-refractivity contribution in [3.8, 4) is 0 Å². The number of methoxy groups -OCH3 is 1. The smallest absolute Gasteiger partial charge is 0.338 e. The normalized spacial score (nSPS) is 47.3. The molecule has 0 aromatic rings. The Labute approximate surface area is 305 Å². The van der Waals surface area contributed by atoms with Gasteiger partial charge in [0.05, 0.1) is 31.4 Å². The van der Waals surface area contributed by atoms with Crippen molar-refractivity contribution in [2.24, 2.45) is 52.3 Å². The van der Waals surface area contributed by atoms with Crippen molar-refractivity contribution in [3.63, 3.8) is 0 Å². The van der Waals surface area contributed by atoms with E-state index in [1.54, 1.807) is 0 Å². The fourth-order valence-corrected chi connectivity index (χ4v) is 12.7. The molecule has 0 unspecified atom stereocenters. The second-order valence-electron chi connectivity index (χ2n) is 17.2. The Morgan fingerprint density at radius 2 is 1.64 bits per heavy atom. The van der Waals surface area contributed by atoms with Crippen LogP contribution in [0.25, 0.3) is 0 Å². The zero-order chi connectivity index (χ0) is 37.7. The molecule has 0 aromatic heterocycles. The van der Waals surface area contributed by atoms with Gasteiger partial charge in [-0.3, -0.25) is 14.4 Å². The van der Waals surface area contributed by atoms with E-state index in [1.807, 2.05) is 6.92 Å². The first-order valence-electron chi connectivity index (χ1n) is 18.6. The van der Waals surface area contributed by atoms with E-state index in [-0.39, 0.29) is 78.4 Å². The summed E-state index contributed by atoms with van der Waals surface area (Å²) in [5.41, 5.74) is -1.89. The number of Topliss-reactive ketones (excluding diaryl/α,β-unsaturated/α-hetero) is 1.